The molecule has 5 nitrogen and oxygen atoms in total. The SMILES string of the molecule is CN(C(=O)c1ccccc1C=O)N(C)C(=O)c1ccccc1C(F)(F)F. The van der Waals surface area contributed by atoms with Crippen LogP contribution in [-0.2, 0) is 6.18 Å². The summed E-state index contributed by atoms with van der Waals surface area (Å²) >= 11 is 0. The van der Waals surface area contributed by atoms with E-state index in [0.717, 1.165) is 22.2 Å². The molecule has 0 unspecified atom stereocenters. The number of hydrogen-bond acceptors (Lipinski definition) is 3. The first-order valence-electron chi connectivity index (χ1n) is 7.45. The largest absolute Gasteiger partial charge is 0.417 e. The van der Waals surface area contributed by atoms with E-state index < -0.39 is 29.1 Å². The average Bonchev–Trinajstić information content (AvgIpc) is 2.64. The molecule has 0 spiro atoms. The van der Waals surface area contributed by atoms with Crippen LogP contribution in [0.15, 0.2) is 48.5 Å². The van der Waals surface area contributed by atoms with Crippen LogP contribution in [-0.4, -0.2) is 42.2 Å². The van der Waals surface area contributed by atoms with E-state index in [-0.39, 0.29) is 11.1 Å². The van der Waals surface area contributed by atoms with Crippen molar-refractivity contribution in [3.63, 3.8) is 0 Å². The summed E-state index contributed by atoms with van der Waals surface area (Å²) in [6.45, 7) is 0. The van der Waals surface area contributed by atoms with Crippen LogP contribution >= 0.6 is 0 Å². The Morgan fingerprint density at radius 2 is 1.31 bits per heavy atom. The van der Waals surface area contributed by atoms with Crippen LogP contribution in [0, 0.1) is 0 Å². The third kappa shape index (κ3) is 3.74. The lowest BCUT2D eigenvalue weighted by Crippen LogP contribution is -2.45. The van der Waals surface area contributed by atoms with Gasteiger partial charge in [0, 0.05) is 19.7 Å². The molecule has 0 aliphatic heterocycles. The first kappa shape index (κ1) is 19.2. The van der Waals surface area contributed by atoms with E-state index in [9.17, 15) is 27.6 Å². The fraction of sp³-hybridized carbons (Fsp3) is 0.167. The molecule has 0 heterocycles. The Balaban J connectivity index is 2.34. The van der Waals surface area contributed by atoms with E-state index in [1.165, 1.54) is 44.4 Å². The van der Waals surface area contributed by atoms with E-state index in [4.69, 9.17) is 0 Å². The Bertz CT molecular complexity index is 850. The highest BCUT2D eigenvalue weighted by Gasteiger charge is 2.36. The van der Waals surface area contributed by atoms with Gasteiger partial charge >= 0.3 is 6.18 Å². The van der Waals surface area contributed by atoms with Crippen LogP contribution in [0.25, 0.3) is 0 Å². The summed E-state index contributed by atoms with van der Waals surface area (Å²) in [7, 11) is 2.41. The molecule has 0 saturated carbocycles. The molecular weight excluding hydrogens is 349 g/mol. The van der Waals surface area contributed by atoms with Crippen LogP contribution in [0.5, 0.6) is 0 Å². The number of benzene rings is 2. The van der Waals surface area contributed by atoms with Crippen LogP contribution in [0.4, 0.5) is 13.2 Å². The molecule has 2 rings (SSSR count). The van der Waals surface area contributed by atoms with E-state index >= 15 is 0 Å². The Labute approximate surface area is 147 Å². The molecule has 2 aromatic rings. The normalized spacial score (nSPS) is 11.0. The number of nitrogens with zero attached hydrogens (tertiary/aromatic N) is 2. The zero-order valence-corrected chi connectivity index (χ0v) is 13.9. The quantitative estimate of drug-likeness (QED) is 0.620. The van der Waals surface area contributed by atoms with Gasteiger partial charge in [0.25, 0.3) is 11.8 Å². The van der Waals surface area contributed by atoms with E-state index in [0.29, 0.717) is 6.29 Å². The Morgan fingerprint density at radius 1 is 0.846 bits per heavy atom. The lowest BCUT2D eigenvalue weighted by atomic mass is 10.1. The molecule has 8 heteroatoms. The molecule has 2 aromatic carbocycles. The first-order chi connectivity index (χ1) is 12.2. The van der Waals surface area contributed by atoms with Crippen molar-refractivity contribution in [1.29, 1.82) is 0 Å². The zero-order valence-electron chi connectivity index (χ0n) is 13.9. The summed E-state index contributed by atoms with van der Waals surface area (Å²) in [5.41, 5.74) is -1.52. The molecule has 0 aromatic heterocycles. The van der Waals surface area contributed by atoms with Crippen molar-refractivity contribution >= 4 is 18.1 Å². The molecule has 0 aliphatic rings. The summed E-state index contributed by atoms with van der Waals surface area (Å²) in [6, 6.07) is 10.2. The number of carbonyl (C=O) groups is 3. The van der Waals surface area contributed by atoms with E-state index in [2.05, 4.69) is 0 Å². The Kier molecular flexibility index (Phi) is 5.44. The van der Waals surface area contributed by atoms with Gasteiger partial charge in [-0.15, -0.1) is 0 Å². The number of halogens is 3. The van der Waals surface area contributed by atoms with Gasteiger partial charge in [-0.1, -0.05) is 30.3 Å². The van der Waals surface area contributed by atoms with Crippen LogP contribution < -0.4 is 0 Å². The van der Waals surface area contributed by atoms with Gasteiger partial charge in [0.15, 0.2) is 6.29 Å². The summed E-state index contributed by atoms with van der Waals surface area (Å²) < 4.78 is 39.3. The molecule has 0 atom stereocenters. The fourth-order valence-corrected chi connectivity index (χ4v) is 2.33. The number of carbonyl (C=O) groups excluding carboxylic acids is 3. The summed E-state index contributed by atoms with van der Waals surface area (Å²) in [4.78, 5) is 36.1. The second-order valence-electron chi connectivity index (χ2n) is 5.41. The number of hydrogen-bond donors (Lipinski definition) is 0. The predicted octanol–water partition coefficient (Wildman–Crippen LogP) is 3.28. The molecular formula is C18H15F3N2O3. The molecule has 136 valence electrons. The molecule has 0 fully saturated rings. The lowest BCUT2D eigenvalue weighted by Gasteiger charge is -2.29. The standard InChI is InChI=1S/C18H15F3N2O3/c1-22(16(25)13-8-4-3-7-12(13)11-24)23(2)17(26)14-9-5-6-10-15(14)18(19,20)21/h3-11H,1-2H3. The summed E-state index contributed by atoms with van der Waals surface area (Å²) in [6.07, 6.45) is -4.22. The molecule has 0 radical (unpaired) electrons. The van der Waals surface area contributed by atoms with Crippen molar-refractivity contribution in [2.24, 2.45) is 0 Å². The van der Waals surface area contributed by atoms with Gasteiger partial charge in [-0.05, 0) is 18.2 Å². The van der Waals surface area contributed by atoms with Crippen molar-refractivity contribution in [2.45, 2.75) is 6.18 Å². The zero-order chi connectivity index (χ0) is 19.5. The summed E-state index contributed by atoms with van der Waals surface area (Å²) in [5.74, 6) is -1.70. The minimum atomic E-state index is -4.71. The van der Waals surface area contributed by atoms with Crippen molar-refractivity contribution in [3.05, 3.63) is 70.8 Å². The second-order valence-corrected chi connectivity index (χ2v) is 5.41. The molecule has 2 amide bonds. The maximum atomic E-state index is 13.1. The number of alkyl halides is 3. The second kappa shape index (κ2) is 7.38. The highest BCUT2D eigenvalue weighted by molar-refractivity contribution is 6.03. The van der Waals surface area contributed by atoms with Gasteiger partial charge in [-0.25, -0.2) is 0 Å². The average molecular weight is 364 g/mol. The van der Waals surface area contributed by atoms with Gasteiger partial charge < -0.3 is 0 Å². The summed E-state index contributed by atoms with van der Waals surface area (Å²) in [5, 5.41) is 1.63. The van der Waals surface area contributed by atoms with Crippen LogP contribution in [0.3, 0.4) is 0 Å². The van der Waals surface area contributed by atoms with Gasteiger partial charge in [-0.2, -0.15) is 13.2 Å². The molecule has 0 aliphatic carbocycles. The maximum absolute atomic E-state index is 13.1. The first-order valence-corrected chi connectivity index (χ1v) is 7.45. The van der Waals surface area contributed by atoms with Gasteiger partial charge in [0.05, 0.1) is 16.7 Å². The fourth-order valence-electron chi connectivity index (χ4n) is 2.33. The monoisotopic (exact) mass is 364 g/mol. The number of hydrazine groups is 1. The predicted molar refractivity (Wildman–Crippen MR) is 87.5 cm³/mol. The molecule has 0 bridgehead atoms. The van der Waals surface area contributed by atoms with Crippen molar-refractivity contribution in [3.8, 4) is 0 Å². The van der Waals surface area contributed by atoms with E-state index in [1.54, 1.807) is 6.07 Å². The highest BCUT2D eigenvalue weighted by atomic mass is 19.4. The number of amides is 2. The lowest BCUT2D eigenvalue weighted by molar-refractivity contribution is -0.138. The molecule has 0 N–H and O–H groups in total. The topological polar surface area (TPSA) is 57.7 Å². The van der Waals surface area contributed by atoms with Crippen LogP contribution in [0.1, 0.15) is 36.6 Å². The smallest absolute Gasteiger partial charge is 0.298 e. The minimum Gasteiger partial charge on any atom is -0.298 e. The molecule has 26 heavy (non-hydrogen) atoms. The third-order valence-corrected chi connectivity index (χ3v) is 3.82. The van der Waals surface area contributed by atoms with Gasteiger partial charge in [0.2, 0.25) is 0 Å². The van der Waals surface area contributed by atoms with Gasteiger partial charge in [0.1, 0.15) is 0 Å². The Hall–Kier alpha value is -3.16. The Morgan fingerprint density at radius 3 is 1.85 bits per heavy atom. The van der Waals surface area contributed by atoms with Crippen molar-refractivity contribution < 1.29 is 27.6 Å². The number of aldehydes is 1. The minimum absolute atomic E-state index is 0.0359. The van der Waals surface area contributed by atoms with Crippen molar-refractivity contribution in [1.82, 2.24) is 10.0 Å². The highest BCUT2D eigenvalue weighted by Crippen LogP contribution is 2.32. The van der Waals surface area contributed by atoms with Crippen molar-refractivity contribution in [2.75, 3.05) is 14.1 Å². The molecule has 0 saturated heterocycles. The van der Waals surface area contributed by atoms with E-state index in [1.807, 2.05) is 0 Å². The maximum Gasteiger partial charge on any atom is 0.417 e. The third-order valence-electron chi connectivity index (χ3n) is 3.82. The van der Waals surface area contributed by atoms with Crippen LogP contribution in [0.2, 0.25) is 0 Å². The number of rotatable bonds is 3. The van der Waals surface area contributed by atoms with Gasteiger partial charge in [-0.3, -0.25) is 24.4 Å².